The molecule has 1 aliphatic rings. The number of amides is 1. The van der Waals surface area contributed by atoms with Gasteiger partial charge < -0.3 is 15.8 Å². The van der Waals surface area contributed by atoms with Gasteiger partial charge in [-0.25, -0.2) is 4.98 Å². The van der Waals surface area contributed by atoms with Crippen molar-refractivity contribution in [2.45, 2.75) is 32.2 Å². The van der Waals surface area contributed by atoms with Crippen molar-refractivity contribution in [2.75, 3.05) is 19.0 Å². The van der Waals surface area contributed by atoms with Crippen LogP contribution in [0.25, 0.3) is 11.3 Å². The molecule has 3 rings (SSSR count). The molecule has 1 unspecified atom stereocenters. The molecule has 1 amide bonds. The number of nitrogens with two attached hydrogens (primary N) is 1. The SMILES string of the molecule is COCC(N)C(=O)Nc1nc(-c2ccc3c(c2)CCC3)c(C)s1. The number of carbonyl (C=O) groups excluding carboxylic acids is 1. The Labute approximate surface area is 139 Å². The summed E-state index contributed by atoms with van der Waals surface area (Å²) in [6.45, 7) is 2.21. The zero-order valence-corrected chi connectivity index (χ0v) is 14.2. The van der Waals surface area contributed by atoms with Crippen molar-refractivity contribution in [3.63, 3.8) is 0 Å². The maximum Gasteiger partial charge on any atom is 0.245 e. The molecule has 2 aromatic rings. The molecule has 1 aromatic heterocycles. The van der Waals surface area contributed by atoms with Crippen LogP contribution >= 0.6 is 11.3 Å². The van der Waals surface area contributed by atoms with E-state index in [1.807, 2.05) is 6.92 Å². The van der Waals surface area contributed by atoms with E-state index in [0.717, 1.165) is 22.6 Å². The molecule has 23 heavy (non-hydrogen) atoms. The highest BCUT2D eigenvalue weighted by Crippen LogP contribution is 2.33. The van der Waals surface area contributed by atoms with Crippen LogP contribution in [-0.4, -0.2) is 30.6 Å². The van der Waals surface area contributed by atoms with Crippen LogP contribution in [0.1, 0.15) is 22.4 Å². The molecule has 1 heterocycles. The van der Waals surface area contributed by atoms with Crippen LogP contribution < -0.4 is 11.1 Å². The Balaban J connectivity index is 1.80. The van der Waals surface area contributed by atoms with Crippen molar-refractivity contribution >= 4 is 22.4 Å². The second-order valence-corrected chi connectivity index (χ2v) is 7.02. The third-order valence-electron chi connectivity index (χ3n) is 4.08. The smallest absolute Gasteiger partial charge is 0.245 e. The molecule has 0 spiro atoms. The molecule has 1 aliphatic carbocycles. The summed E-state index contributed by atoms with van der Waals surface area (Å²) in [4.78, 5) is 17.6. The molecular formula is C17H21N3O2S. The predicted octanol–water partition coefficient (Wildman–Crippen LogP) is 2.52. The topological polar surface area (TPSA) is 77.2 Å². The number of carbonyl (C=O) groups is 1. The number of nitrogens with one attached hydrogen (secondary N) is 1. The van der Waals surface area contributed by atoms with E-state index in [2.05, 4.69) is 28.5 Å². The van der Waals surface area contributed by atoms with Crippen LogP contribution in [0.3, 0.4) is 0 Å². The lowest BCUT2D eigenvalue weighted by molar-refractivity contribution is -0.118. The van der Waals surface area contributed by atoms with Gasteiger partial charge in [-0.1, -0.05) is 12.1 Å². The van der Waals surface area contributed by atoms with Gasteiger partial charge in [0.25, 0.3) is 0 Å². The fourth-order valence-corrected chi connectivity index (χ4v) is 3.73. The molecule has 6 heteroatoms. The van der Waals surface area contributed by atoms with Gasteiger partial charge in [-0.2, -0.15) is 0 Å². The van der Waals surface area contributed by atoms with E-state index in [4.69, 9.17) is 10.5 Å². The van der Waals surface area contributed by atoms with Crippen LogP contribution in [0.15, 0.2) is 18.2 Å². The highest BCUT2D eigenvalue weighted by Gasteiger charge is 2.18. The van der Waals surface area contributed by atoms with Crippen molar-refractivity contribution < 1.29 is 9.53 Å². The van der Waals surface area contributed by atoms with E-state index in [-0.39, 0.29) is 12.5 Å². The number of aromatic nitrogens is 1. The number of thiazole rings is 1. The lowest BCUT2D eigenvalue weighted by atomic mass is 10.0. The first-order valence-electron chi connectivity index (χ1n) is 7.73. The average Bonchev–Trinajstić information content (AvgIpc) is 3.13. The Hall–Kier alpha value is -1.76. The Morgan fingerprint density at radius 1 is 1.43 bits per heavy atom. The maximum atomic E-state index is 12.0. The molecule has 122 valence electrons. The summed E-state index contributed by atoms with van der Waals surface area (Å²) < 4.78 is 4.90. The number of rotatable bonds is 5. The number of methoxy groups -OCH3 is 1. The third kappa shape index (κ3) is 3.44. The van der Waals surface area contributed by atoms with Crippen molar-refractivity contribution in [2.24, 2.45) is 5.73 Å². The van der Waals surface area contributed by atoms with Gasteiger partial charge in [-0.05, 0) is 43.4 Å². The van der Waals surface area contributed by atoms with Gasteiger partial charge >= 0.3 is 0 Å². The number of benzene rings is 1. The summed E-state index contributed by atoms with van der Waals surface area (Å²) >= 11 is 1.47. The molecule has 0 fully saturated rings. The number of anilines is 1. The van der Waals surface area contributed by atoms with Crippen molar-refractivity contribution in [1.29, 1.82) is 0 Å². The first kappa shape index (κ1) is 16.1. The van der Waals surface area contributed by atoms with Gasteiger partial charge in [0.2, 0.25) is 5.91 Å². The molecule has 0 bridgehead atoms. The maximum absolute atomic E-state index is 12.0. The summed E-state index contributed by atoms with van der Waals surface area (Å²) in [6.07, 6.45) is 3.54. The zero-order valence-electron chi connectivity index (χ0n) is 13.4. The van der Waals surface area contributed by atoms with E-state index in [0.29, 0.717) is 5.13 Å². The Bertz CT molecular complexity index is 727. The summed E-state index contributed by atoms with van der Waals surface area (Å²) in [7, 11) is 1.52. The van der Waals surface area contributed by atoms with Gasteiger partial charge in [-0.15, -0.1) is 11.3 Å². The van der Waals surface area contributed by atoms with Crippen LogP contribution in [0.2, 0.25) is 0 Å². The van der Waals surface area contributed by atoms with Gasteiger partial charge in [0.1, 0.15) is 6.04 Å². The van der Waals surface area contributed by atoms with E-state index in [1.165, 1.54) is 42.4 Å². The largest absolute Gasteiger partial charge is 0.383 e. The molecule has 0 saturated heterocycles. The number of aryl methyl sites for hydroxylation is 3. The second-order valence-electron chi connectivity index (χ2n) is 5.81. The minimum Gasteiger partial charge on any atom is -0.383 e. The molecule has 1 aromatic carbocycles. The highest BCUT2D eigenvalue weighted by atomic mass is 32.1. The molecule has 5 nitrogen and oxygen atoms in total. The Morgan fingerprint density at radius 2 is 2.22 bits per heavy atom. The molecule has 0 aliphatic heterocycles. The van der Waals surface area contributed by atoms with Crippen LogP contribution in [-0.2, 0) is 22.4 Å². The number of hydrogen-bond acceptors (Lipinski definition) is 5. The summed E-state index contributed by atoms with van der Waals surface area (Å²) in [5.74, 6) is -0.277. The number of ether oxygens (including phenoxy) is 1. The zero-order chi connectivity index (χ0) is 16.4. The van der Waals surface area contributed by atoms with Crippen LogP contribution in [0.5, 0.6) is 0 Å². The van der Waals surface area contributed by atoms with E-state index in [1.54, 1.807) is 0 Å². The van der Waals surface area contributed by atoms with Gasteiger partial charge in [0.05, 0.1) is 12.3 Å². The highest BCUT2D eigenvalue weighted by molar-refractivity contribution is 7.16. The monoisotopic (exact) mass is 331 g/mol. The van der Waals surface area contributed by atoms with Crippen molar-refractivity contribution in [3.05, 3.63) is 34.2 Å². The molecular weight excluding hydrogens is 310 g/mol. The van der Waals surface area contributed by atoms with Crippen LogP contribution in [0.4, 0.5) is 5.13 Å². The first-order chi connectivity index (χ1) is 11.1. The molecule has 1 atom stereocenters. The van der Waals surface area contributed by atoms with E-state index >= 15 is 0 Å². The number of fused-ring (bicyclic) bond motifs is 1. The summed E-state index contributed by atoms with van der Waals surface area (Å²) in [5.41, 5.74) is 10.6. The minimum absolute atomic E-state index is 0.188. The number of nitrogens with zero attached hydrogens (tertiary/aromatic N) is 1. The van der Waals surface area contributed by atoms with Crippen LogP contribution in [0, 0.1) is 6.92 Å². The average molecular weight is 331 g/mol. The molecule has 0 radical (unpaired) electrons. The summed E-state index contributed by atoms with van der Waals surface area (Å²) in [5, 5.41) is 3.35. The van der Waals surface area contributed by atoms with E-state index < -0.39 is 6.04 Å². The second kappa shape index (κ2) is 6.78. The van der Waals surface area contributed by atoms with Gasteiger partial charge in [0, 0.05) is 17.6 Å². The fraction of sp³-hybridized carbons (Fsp3) is 0.412. The van der Waals surface area contributed by atoms with Gasteiger partial charge in [0.15, 0.2) is 5.13 Å². The van der Waals surface area contributed by atoms with Gasteiger partial charge in [-0.3, -0.25) is 4.79 Å². The van der Waals surface area contributed by atoms with E-state index in [9.17, 15) is 4.79 Å². The fourth-order valence-electron chi connectivity index (χ4n) is 2.89. The molecule has 3 N–H and O–H groups in total. The number of hydrogen-bond donors (Lipinski definition) is 2. The minimum atomic E-state index is -0.687. The predicted molar refractivity (Wildman–Crippen MR) is 92.8 cm³/mol. The Kier molecular flexibility index (Phi) is 4.75. The van der Waals surface area contributed by atoms with Crippen molar-refractivity contribution in [3.8, 4) is 11.3 Å². The first-order valence-corrected chi connectivity index (χ1v) is 8.55. The van der Waals surface area contributed by atoms with Crippen molar-refractivity contribution in [1.82, 2.24) is 4.98 Å². The summed E-state index contributed by atoms with van der Waals surface area (Å²) in [6, 6.07) is 5.86. The quantitative estimate of drug-likeness (QED) is 0.882. The third-order valence-corrected chi connectivity index (χ3v) is 4.97. The normalized spacial score (nSPS) is 14.6. The lowest BCUT2D eigenvalue weighted by Gasteiger charge is -2.08. The standard InChI is InChI=1S/C17H21N3O2S/c1-10-15(13-7-6-11-4-3-5-12(11)8-13)19-17(23-10)20-16(21)14(18)9-22-2/h6-8,14H,3-5,9,18H2,1-2H3,(H,19,20,21). The Morgan fingerprint density at radius 3 is 3.00 bits per heavy atom. The lowest BCUT2D eigenvalue weighted by Crippen LogP contribution is -2.39. The molecule has 0 saturated carbocycles.